The van der Waals surface area contributed by atoms with E-state index >= 15 is 0 Å². The van der Waals surface area contributed by atoms with E-state index < -0.39 is 11.8 Å². The lowest BCUT2D eigenvalue weighted by Gasteiger charge is -2.13. The molecule has 4 rings (SSSR count). The van der Waals surface area contributed by atoms with Crippen molar-refractivity contribution in [3.05, 3.63) is 89.6 Å². The van der Waals surface area contributed by atoms with Crippen LogP contribution in [0.1, 0.15) is 29.0 Å². The first-order valence-corrected chi connectivity index (χ1v) is 10.4. The molecule has 2 heterocycles. The van der Waals surface area contributed by atoms with Crippen molar-refractivity contribution >= 4 is 17.9 Å². The minimum atomic E-state index is -0.440. The maximum absolute atomic E-state index is 13.2. The van der Waals surface area contributed by atoms with E-state index in [1.165, 1.54) is 18.2 Å². The largest absolute Gasteiger partial charge is 0.457 e. The predicted molar refractivity (Wildman–Crippen MR) is 118 cm³/mol. The fourth-order valence-corrected chi connectivity index (χ4v) is 3.39. The number of carbonyl (C=O) groups excluding carboxylic acids is 2. The third kappa shape index (κ3) is 5.50. The van der Waals surface area contributed by atoms with E-state index in [4.69, 9.17) is 9.15 Å². The molecule has 0 unspecified atom stereocenters. The van der Waals surface area contributed by atoms with E-state index in [0.717, 1.165) is 12.8 Å². The van der Waals surface area contributed by atoms with Gasteiger partial charge in [-0.2, -0.15) is 0 Å². The molecule has 1 aromatic heterocycles. The summed E-state index contributed by atoms with van der Waals surface area (Å²) in [4.78, 5) is 25.5. The number of hydrogen-bond acceptors (Lipinski definition) is 4. The average molecular weight is 434 g/mol. The van der Waals surface area contributed by atoms with Gasteiger partial charge in [0, 0.05) is 30.4 Å². The Morgan fingerprint density at radius 1 is 1.03 bits per heavy atom. The number of benzene rings is 2. The molecular formula is C25H23FN2O4. The Hall–Kier alpha value is -3.71. The van der Waals surface area contributed by atoms with E-state index in [0.29, 0.717) is 35.8 Å². The summed E-state index contributed by atoms with van der Waals surface area (Å²) in [7, 11) is 0. The lowest BCUT2D eigenvalue weighted by Crippen LogP contribution is -2.38. The van der Waals surface area contributed by atoms with Crippen LogP contribution in [0.4, 0.5) is 4.39 Å². The van der Waals surface area contributed by atoms with Crippen LogP contribution in [-0.2, 0) is 9.53 Å². The molecule has 1 aliphatic rings. The molecule has 1 aliphatic heterocycles. The van der Waals surface area contributed by atoms with Gasteiger partial charge in [-0.3, -0.25) is 9.59 Å². The second-order valence-corrected chi connectivity index (χ2v) is 7.43. The van der Waals surface area contributed by atoms with Gasteiger partial charge in [-0.1, -0.05) is 18.2 Å². The van der Waals surface area contributed by atoms with Crippen molar-refractivity contribution < 1.29 is 23.1 Å². The molecule has 32 heavy (non-hydrogen) atoms. The molecule has 164 valence electrons. The Labute approximate surface area is 185 Å². The Morgan fingerprint density at radius 3 is 2.53 bits per heavy atom. The van der Waals surface area contributed by atoms with Gasteiger partial charge < -0.3 is 19.8 Å². The van der Waals surface area contributed by atoms with Gasteiger partial charge in [-0.05, 0) is 61.4 Å². The van der Waals surface area contributed by atoms with Crippen molar-refractivity contribution in [3.63, 3.8) is 0 Å². The molecule has 1 saturated heterocycles. The first kappa shape index (κ1) is 21.5. The van der Waals surface area contributed by atoms with Crippen molar-refractivity contribution in [3.8, 4) is 11.3 Å². The molecule has 2 N–H and O–H groups in total. The number of ether oxygens (including phenoxy) is 1. The molecule has 0 saturated carbocycles. The van der Waals surface area contributed by atoms with Crippen molar-refractivity contribution in [1.29, 1.82) is 0 Å². The fourth-order valence-electron chi connectivity index (χ4n) is 3.39. The fraction of sp³-hybridized carbons (Fsp3) is 0.200. The van der Waals surface area contributed by atoms with Crippen LogP contribution >= 0.6 is 0 Å². The first-order valence-electron chi connectivity index (χ1n) is 10.4. The Bertz CT molecular complexity index is 1100. The van der Waals surface area contributed by atoms with Gasteiger partial charge in [0.25, 0.3) is 11.8 Å². The predicted octanol–water partition coefficient (Wildman–Crippen LogP) is 4.15. The summed E-state index contributed by atoms with van der Waals surface area (Å²) in [5.41, 5.74) is 1.18. The zero-order chi connectivity index (χ0) is 22.3. The molecule has 6 nitrogen and oxygen atoms in total. The van der Waals surface area contributed by atoms with E-state index in [1.54, 1.807) is 48.5 Å². The quantitative estimate of drug-likeness (QED) is 0.548. The molecule has 0 radical (unpaired) electrons. The monoisotopic (exact) mass is 434 g/mol. The highest BCUT2D eigenvalue weighted by molar-refractivity contribution is 6.05. The van der Waals surface area contributed by atoms with Crippen LogP contribution in [0.2, 0.25) is 0 Å². The third-order valence-corrected chi connectivity index (χ3v) is 5.09. The van der Waals surface area contributed by atoms with E-state index in [1.807, 2.05) is 6.07 Å². The summed E-state index contributed by atoms with van der Waals surface area (Å²) >= 11 is 0. The molecule has 1 atom stereocenters. The van der Waals surface area contributed by atoms with Crippen LogP contribution in [0.15, 0.2) is 76.8 Å². The topological polar surface area (TPSA) is 80.6 Å². The highest BCUT2D eigenvalue weighted by atomic mass is 19.1. The standard InChI is InChI=1S/C25H23FN2O4/c26-19-10-8-17(9-11-19)23-13-12-20(32-23)15-22(25(30)27-16-21-7-4-14-31-21)28-24(29)18-5-2-1-3-6-18/h1-3,5-6,8-13,15,21H,4,7,14,16H2,(H,27,30)(H,28,29)/b22-15-/t21-/m1/s1. The van der Waals surface area contributed by atoms with Gasteiger partial charge >= 0.3 is 0 Å². The Kier molecular flexibility index (Phi) is 6.77. The van der Waals surface area contributed by atoms with E-state index in [-0.39, 0.29) is 17.6 Å². The Morgan fingerprint density at radius 2 is 1.81 bits per heavy atom. The molecule has 7 heteroatoms. The van der Waals surface area contributed by atoms with E-state index in [2.05, 4.69) is 10.6 Å². The van der Waals surface area contributed by atoms with Gasteiger partial charge in [0.15, 0.2) is 0 Å². The van der Waals surface area contributed by atoms with Crippen molar-refractivity contribution in [2.24, 2.45) is 0 Å². The Balaban J connectivity index is 1.54. The summed E-state index contributed by atoms with van der Waals surface area (Å²) < 4.78 is 24.5. The highest BCUT2D eigenvalue weighted by Crippen LogP contribution is 2.23. The van der Waals surface area contributed by atoms with Crippen molar-refractivity contribution in [2.75, 3.05) is 13.2 Å². The minimum absolute atomic E-state index is 0.0290. The smallest absolute Gasteiger partial charge is 0.268 e. The second-order valence-electron chi connectivity index (χ2n) is 7.43. The zero-order valence-electron chi connectivity index (χ0n) is 17.3. The second kappa shape index (κ2) is 10.1. The summed E-state index contributed by atoms with van der Waals surface area (Å²) in [6.07, 6.45) is 3.29. The van der Waals surface area contributed by atoms with Crippen LogP contribution in [0, 0.1) is 5.82 Å². The number of carbonyl (C=O) groups is 2. The molecule has 1 fully saturated rings. The number of nitrogens with one attached hydrogen (secondary N) is 2. The average Bonchev–Trinajstić information content (AvgIpc) is 3.50. The molecule has 3 aromatic rings. The molecule has 0 bridgehead atoms. The van der Waals surface area contributed by atoms with Gasteiger partial charge in [-0.25, -0.2) is 4.39 Å². The minimum Gasteiger partial charge on any atom is -0.457 e. The van der Waals surface area contributed by atoms with Gasteiger partial charge in [0.1, 0.15) is 23.0 Å². The number of rotatable bonds is 7. The summed E-state index contributed by atoms with van der Waals surface area (Å²) in [5.74, 6) is -0.294. The maximum Gasteiger partial charge on any atom is 0.268 e. The van der Waals surface area contributed by atoms with Crippen LogP contribution in [-0.4, -0.2) is 31.1 Å². The molecule has 0 aliphatic carbocycles. The van der Waals surface area contributed by atoms with Crippen molar-refractivity contribution in [1.82, 2.24) is 10.6 Å². The zero-order valence-corrected chi connectivity index (χ0v) is 17.3. The summed E-state index contributed by atoms with van der Waals surface area (Å²) in [6, 6.07) is 17.9. The normalized spacial score (nSPS) is 16.0. The van der Waals surface area contributed by atoms with Crippen LogP contribution in [0.25, 0.3) is 17.4 Å². The molecular weight excluding hydrogens is 411 g/mol. The van der Waals surface area contributed by atoms with Gasteiger partial charge in [0.2, 0.25) is 0 Å². The summed E-state index contributed by atoms with van der Waals surface area (Å²) in [6.45, 7) is 1.04. The van der Waals surface area contributed by atoms with Gasteiger partial charge in [-0.15, -0.1) is 0 Å². The maximum atomic E-state index is 13.2. The molecule has 2 amide bonds. The van der Waals surface area contributed by atoms with Crippen LogP contribution in [0.5, 0.6) is 0 Å². The third-order valence-electron chi connectivity index (χ3n) is 5.09. The number of amides is 2. The van der Waals surface area contributed by atoms with Crippen LogP contribution < -0.4 is 10.6 Å². The van der Waals surface area contributed by atoms with E-state index in [9.17, 15) is 14.0 Å². The number of halogens is 1. The van der Waals surface area contributed by atoms with Crippen LogP contribution in [0.3, 0.4) is 0 Å². The van der Waals surface area contributed by atoms with Crippen molar-refractivity contribution in [2.45, 2.75) is 18.9 Å². The molecule has 2 aromatic carbocycles. The number of furan rings is 1. The lowest BCUT2D eigenvalue weighted by molar-refractivity contribution is -0.118. The number of hydrogen-bond donors (Lipinski definition) is 2. The van der Waals surface area contributed by atoms with Gasteiger partial charge in [0.05, 0.1) is 6.10 Å². The SMILES string of the molecule is O=C(NC[C@H]1CCCO1)/C(=C/c1ccc(-c2ccc(F)cc2)o1)NC(=O)c1ccccc1. The highest BCUT2D eigenvalue weighted by Gasteiger charge is 2.20. The molecule has 0 spiro atoms. The lowest BCUT2D eigenvalue weighted by atomic mass is 10.2. The summed E-state index contributed by atoms with van der Waals surface area (Å²) in [5, 5.41) is 5.49. The first-order chi connectivity index (χ1) is 15.6.